The van der Waals surface area contributed by atoms with E-state index in [4.69, 9.17) is 9.47 Å². The molecule has 0 radical (unpaired) electrons. The standard InChI is InChI=1S/C20H23N3O4/c1-26-17-6-3-13(11-18(17)27-2)7-9-22-20(25)16-12-14(8-10-21-16)19(24)23-15-4-5-15/h3,6,8,10-12,15H,4-5,7,9H2,1-2H3,(H,22,25)(H,23,24). The first-order chi connectivity index (χ1) is 13.1. The Morgan fingerprint density at radius 1 is 1.07 bits per heavy atom. The Morgan fingerprint density at radius 2 is 1.85 bits per heavy atom. The minimum atomic E-state index is -0.309. The number of pyridine rings is 1. The van der Waals surface area contributed by atoms with E-state index in [-0.39, 0.29) is 23.6 Å². The normalized spacial score (nSPS) is 13.0. The summed E-state index contributed by atoms with van der Waals surface area (Å²) in [5.41, 5.74) is 1.69. The van der Waals surface area contributed by atoms with E-state index >= 15 is 0 Å². The van der Waals surface area contributed by atoms with Crippen LogP contribution in [0.2, 0.25) is 0 Å². The highest BCUT2D eigenvalue weighted by Crippen LogP contribution is 2.27. The maximum absolute atomic E-state index is 12.3. The van der Waals surface area contributed by atoms with E-state index in [1.807, 2.05) is 18.2 Å². The Hall–Kier alpha value is -3.09. The van der Waals surface area contributed by atoms with Gasteiger partial charge in [0.05, 0.1) is 14.2 Å². The molecule has 3 rings (SSSR count). The van der Waals surface area contributed by atoms with Crippen LogP contribution >= 0.6 is 0 Å². The van der Waals surface area contributed by atoms with Crippen molar-refractivity contribution in [3.8, 4) is 11.5 Å². The molecule has 0 unspecified atom stereocenters. The molecule has 2 N–H and O–H groups in total. The molecule has 1 aliphatic carbocycles. The van der Waals surface area contributed by atoms with Crippen LogP contribution in [0.1, 0.15) is 39.3 Å². The molecule has 142 valence electrons. The van der Waals surface area contributed by atoms with Gasteiger partial charge in [0.2, 0.25) is 0 Å². The van der Waals surface area contributed by atoms with Crippen LogP contribution in [-0.4, -0.2) is 43.6 Å². The molecule has 1 aliphatic rings. The molecule has 27 heavy (non-hydrogen) atoms. The van der Waals surface area contributed by atoms with Crippen molar-refractivity contribution >= 4 is 11.8 Å². The highest BCUT2D eigenvalue weighted by Gasteiger charge is 2.24. The predicted octanol–water partition coefficient (Wildman–Crippen LogP) is 1.96. The Bertz CT molecular complexity index is 834. The lowest BCUT2D eigenvalue weighted by atomic mass is 10.1. The van der Waals surface area contributed by atoms with Crippen LogP contribution in [-0.2, 0) is 6.42 Å². The second-order valence-corrected chi connectivity index (χ2v) is 6.37. The lowest BCUT2D eigenvalue weighted by Crippen LogP contribution is -2.28. The molecule has 7 heteroatoms. The zero-order valence-corrected chi connectivity index (χ0v) is 15.5. The number of hydrogen-bond donors (Lipinski definition) is 2. The Morgan fingerprint density at radius 3 is 2.56 bits per heavy atom. The van der Waals surface area contributed by atoms with Crippen molar-refractivity contribution in [3.05, 3.63) is 53.3 Å². The van der Waals surface area contributed by atoms with Crippen LogP contribution in [0.3, 0.4) is 0 Å². The summed E-state index contributed by atoms with van der Waals surface area (Å²) in [5, 5.41) is 5.73. The third kappa shape index (κ3) is 4.97. The maximum Gasteiger partial charge on any atom is 0.269 e. The van der Waals surface area contributed by atoms with E-state index in [1.165, 1.54) is 12.3 Å². The second kappa shape index (κ2) is 8.53. The highest BCUT2D eigenvalue weighted by molar-refractivity contribution is 5.98. The molecular weight excluding hydrogens is 346 g/mol. The van der Waals surface area contributed by atoms with Crippen molar-refractivity contribution in [3.63, 3.8) is 0 Å². The third-order valence-corrected chi connectivity index (χ3v) is 4.31. The first kappa shape index (κ1) is 18.7. The number of aromatic nitrogens is 1. The minimum Gasteiger partial charge on any atom is -0.493 e. The average Bonchev–Trinajstić information content (AvgIpc) is 3.51. The fourth-order valence-electron chi connectivity index (χ4n) is 2.64. The molecule has 0 spiro atoms. The van der Waals surface area contributed by atoms with E-state index in [2.05, 4.69) is 15.6 Å². The predicted molar refractivity (Wildman–Crippen MR) is 100 cm³/mol. The first-order valence-electron chi connectivity index (χ1n) is 8.86. The molecule has 0 saturated heterocycles. The number of carbonyl (C=O) groups excluding carboxylic acids is 2. The third-order valence-electron chi connectivity index (χ3n) is 4.31. The number of carbonyl (C=O) groups is 2. The van der Waals surface area contributed by atoms with Crippen LogP contribution < -0.4 is 20.1 Å². The molecule has 7 nitrogen and oxygen atoms in total. The lowest BCUT2D eigenvalue weighted by molar-refractivity contribution is 0.0949. The van der Waals surface area contributed by atoms with Crippen molar-refractivity contribution in [2.45, 2.75) is 25.3 Å². The van der Waals surface area contributed by atoms with Gasteiger partial charge in [-0.1, -0.05) is 6.07 Å². The van der Waals surface area contributed by atoms with E-state index in [0.717, 1.165) is 18.4 Å². The summed E-state index contributed by atoms with van der Waals surface area (Å²) >= 11 is 0. The highest BCUT2D eigenvalue weighted by atomic mass is 16.5. The molecule has 2 aromatic rings. The number of ether oxygens (including phenoxy) is 2. The van der Waals surface area contributed by atoms with Gasteiger partial charge in [-0.15, -0.1) is 0 Å². The molecule has 1 heterocycles. The van der Waals surface area contributed by atoms with Crippen molar-refractivity contribution < 1.29 is 19.1 Å². The summed E-state index contributed by atoms with van der Waals surface area (Å²) in [4.78, 5) is 28.5. The molecule has 2 amide bonds. The van der Waals surface area contributed by atoms with Gasteiger partial charge in [-0.05, 0) is 49.1 Å². The zero-order chi connectivity index (χ0) is 19.2. The van der Waals surface area contributed by atoms with E-state index in [1.54, 1.807) is 20.3 Å². The van der Waals surface area contributed by atoms with Crippen molar-refractivity contribution in [1.82, 2.24) is 15.6 Å². The largest absolute Gasteiger partial charge is 0.493 e. The number of nitrogens with one attached hydrogen (secondary N) is 2. The van der Waals surface area contributed by atoms with E-state index in [9.17, 15) is 9.59 Å². The SMILES string of the molecule is COc1ccc(CCNC(=O)c2cc(C(=O)NC3CC3)ccn2)cc1OC. The van der Waals surface area contributed by atoms with Crippen LogP contribution in [0, 0.1) is 0 Å². The van der Waals surface area contributed by atoms with Crippen LogP contribution in [0.5, 0.6) is 11.5 Å². The van der Waals surface area contributed by atoms with Gasteiger partial charge in [-0.3, -0.25) is 14.6 Å². The zero-order valence-electron chi connectivity index (χ0n) is 15.5. The fourth-order valence-corrected chi connectivity index (χ4v) is 2.64. The van der Waals surface area contributed by atoms with Crippen molar-refractivity contribution in [1.29, 1.82) is 0 Å². The van der Waals surface area contributed by atoms with Gasteiger partial charge < -0.3 is 20.1 Å². The van der Waals surface area contributed by atoms with E-state index < -0.39 is 0 Å². The number of hydrogen-bond acceptors (Lipinski definition) is 5. The number of rotatable bonds is 8. The molecular formula is C20H23N3O4. The van der Waals surface area contributed by atoms with Crippen LogP contribution in [0.25, 0.3) is 0 Å². The number of methoxy groups -OCH3 is 2. The van der Waals surface area contributed by atoms with Gasteiger partial charge in [0, 0.05) is 24.3 Å². The molecule has 0 aliphatic heterocycles. The number of benzene rings is 1. The van der Waals surface area contributed by atoms with E-state index in [0.29, 0.717) is 30.0 Å². The van der Waals surface area contributed by atoms with Gasteiger partial charge in [-0.25, -0.2) is 0 Å². The van der Waals surface area contributed by atoms with Gasteiger partial charge in [-0.2, -0.15) is 0 Å². The summed E-state index contributed by atoms with van der Waals surface area (Å²) in [6, 6.07) is 9.03. The summed E-state index contributed by atoms with van der Waals surface area (Å²) in [6.45, 7) is 0.439. The second-order valence-electron chi connectivity index (χ2n) is 6.37. The molecule has 0 bridgehead atoms. The smallest absolute Gasteiger partial charge is 0.269 e. The minimum absolute atomic E-state index is 0.167. The molecule has 1 saturated carbocycles. The maximum atomic E-state index is 12.3. The Kier molecular flexibility index (Phi) is 5.90. The molecule has 0 atom stereocenters. The Labute approximate surface area is 158 Å². The first-order valence-corrected chi connectivity index (χ1v) is 8.86. The molecule has 1 fully saturated rings. The monoisotopic (exact) mass is 369 g/mol. The fraction of sp³-hybridized carbons (Fsp3) is 0.350. The van der Waals surface area contributed by atoms with Gasteiger partial charge in [0.25, 0.3) is 11.8 Å². The van der Waals surface area contributed by atoms with Crippen molar-refractivity contribution in [2.24, 2.45) is 0 Å². The average molecular weight is 369 g/mol. The Balaban J connectivity index is 1.55. The topological polar surface area (TPSA) is 89.5 Å². The molecule has 1 aromatic heterocycles. The quantitative estimate of drug-likeness (QED) is 0.742. The van der Waals surface area contributed by atoms with Crippen LogP contribution in [0.15, 0.2) is 36.5 Å². The number of nitrogens with zero attached hydrogens (tertiary/aromatic N) is 1. The van der Waals surface area contributed by atoms with Gasteiger partial charge >= 0.3 is 0 Å². The summed E-state index contributed by atoms with van der Waals surface area (Å²) < 4.78 is 10.5. The summed E-state index contributed by atoms with van der Waals surface area (Å²) in [6.07, 6.45) is 4.14. The van der Waals surface area contributed by atoms with Gasteiger partial charge in [0.1, 0.15) is 5.69 Å². The summed E-state index contributed by atoms with van der Waals surface area (Å²) in [7, 11) is 3.17. The van der Waals surface area contributed by atoms with Gasteiger partial charge in [0.15, 0.2) is 11.5 Å². The summed E-state index contributed by atoms with van der Waals surface area (Å²) in [5.74, 6) is 0.837. The number of amides is 2. The van der Waals surface area contributed by atoms with Crippen LogP contribution in [0.4, 0.5) is 0 Å². The van der Waals surface area contributed by atoms with Crippen molar-refractivity contribution in [2.75, 3.05) is 20.8 Å². The molecule has 1 aromatic carbocycles. The lowest BCUT2D eigenvalue weighted by Gasteiger charge is -2.10.